The Labute approximate surface area is 147 Å². The summed E-state index contributed by atoms with van der Waals surface area (Å²) in [4.78, 5) is 0. The largest absolute Gasteiger partial charge is 0.504 e. The zero-order chi connectivity index (χ0) is 18.0. The van der Waals surface area contributed by atoms with E-state index in [-0.39, 0.29) is 5.75 Å². The van der Waals surface area contributed by atoms with Gasteiger partial charge in [-0.2, -0.15) is 0 Å². The van der Waals surface area contributed by atoms with Crippen LogP contribution in [-0.4, -0.2) is 33.5 Å². The Hall–Kier alpha value is -2.82. The molecule has 0 aliphatic heterocycles. The maximum absolute atomic E-state index is 10.5. The molecule has 0 unspecified atom stereocenters. The van der Waals surface area contributed by atoms with Gasteiger partial charge in [0.15, 0.2) is 23.0 Å². The van der Waals surface area contributed by atoms with E-state index in [9.17, 15) is 5.11 Å². The molecule has 0 radical (unpaired) electrons. The number of anilines is 1. The van der Waals surface area contributed by atoms with E-state index in [0.717, 1.165) is 40.8 Å². The van der Waals surface area contributed by atoms with Crippen molar-refractivity contribution in [2.75, 3.05) is 33.7 Å². The van der Waals surface area contributed by atoms with Gasteiger partial charge in [-0.15, -0.1) is 0 Å². The fourth-order valence-electron chi connectivity index (χ4n) is 3.33. The highest BCUT2D eigenvalue weighted by atomic mass is 16.5. The van der Waals surface area contributed by atoms with E-state index < -0.39 is 0 Å². The van der Waals surface area contributed by atoms with Crippen LogP contribution in [0.1, 0.15) is 23.1 Å². The molecule has 1 aliphatic carbocycles. The summed E-state index contributed by atoms with van der Waals surface area (Å²) in [5, 5.41) is 13.6. The van der Waals surface area contributed by atoms with Crippen molar-refractivity contribution in [3.8, 4) is 23.0 Å². The second kappa shape index (κ2) is 6.97. The molecule has 2 N–H and O–H groups in total. The zero-order valence-electron chi connectivity index (χ0n) is 15.0. The van der Waals surface area contributed by atoms with Crippen LogP contribution in [0.4, 0.5) is 5.69 Å². The van der Waals surface area contributed by atoms with Gasteiger partial charge < -0.3 is 24.6 Å². The highest BCUT2D eigenvalue weighted by Crippen LogP contribution is 2.44. The van der Waals surface area contributed by atoms with Gasteiger partial charge in [-0.05, 0) is 47.7 Å². The minimum atomic E-state index is 0.222. The van der Waals surface area contributed by atoms with Gasteiger partial charge in [-0.3, -0.25) is 0 Å². The SMILES string of the molecule is CNc1cc(C2=CCCc3c2ccc(OC)c3O)cc(OC)c1OC. The monoisotopic (exact) mass is 341 g/mol. The van der Waals surface area contributed by atoms with Crippen molar-refractivity contribution in [2.24, 2.45) is 0 Å². The van der Waals surface area contributed by atoms with Crippen molar-refractivity contribution in [3.63, 3.8) is 0 Å². The molecular weight excluding hydrogens is 318 g/mol. The minimum Gasteiger partial charge on any atom is -0.504 e. The van der Waals surface area contributed by atoms with E-state index in [0.29, 0.717) is 17.2 Å². The van der Waals surface area contributed by atoms with Crippen molar-refractivity contribution in [1.82, 2.24) is 0 Å². The van der Waals surface area contributed by atoms with Gasteiger partial charge in [-0.1, -0.05) is 12.1 Å². The Morgan fingerprint density at radius 3 is 2.40 bits per heavy atom. The highest BCUT2D eigenvalue weighted by molar-refractivity contribution is 5.87. The molecule has 25 heavy (non-hydrogen) atoms. The third-order valence-corrected chi connectivity index (χ3v) is 4.56. The average Bonchev–Trinajstić information content (AvgIpc) is 2.66. The van der Waals surface area contributed by atoms with E-state index in [2.05, 4.69) is 11.4 Å². The van der Waals surface area contributed by atoms with Crippen LogP contribution < -0.4 is 19.5 Å². The Bertz CT molecular complexity index is 802. The lowest BCUT2D eigenvalue weighted by molar-refractivity contribution is 0.356. The summed E-state index contributed by atoms with van der Waals surface area (Å²) in [5.41, 5.74) is 4.85. The molecule has 2 aromatic carbocycles. The molecule has 5 nitrogen and oxygen atoms in total. The first kappa shape index (κ1) is 17.0. The van der Waals surface area contributed by atoms with Crippen molar-refractivity contribution in [2.45, 2.75) is 12.8 Å². The molecule has 132 valence electrons. The van der Waals surface area contributed by atoms with E-state index in [4.69, 9.17) is 14.2 Å². The minimum absolute atomic E-state index is 0.222. The molecule has 0 amide bonds. The highest BCUT2D eigenvalue weighted by Gasteiger charge is 2.22. The van der Waals surface area contributed by atoms with Gasteiger partial charge in [0.25, 0.3) is 0 Å². The molecule has 5 heteroatoms. The summed E-state index contributed by atoms with van der Waals surface area (Å²) in [6.07, 6.45) is 3.83. The van der Waals surface area contributed by atoms with Crippen molar-refractivity contribution in [3.05, 3.63) is 47.0 Å². The number of hydrogen-bond donors (Lipinski definition) is 2. The topological polar surface area (TPSA) is 60.0 Å². The Morgan fingerprint density at radius 1 is 1.00 bits per heavy atom. The molecule has 0 bridgehead atoms. The molecule has 0 fully saturated rings. The summed E-state index contributed by atoms with van der Waals surface area (Å²) < 4.78 is 16.2. The second-order valence-corrected chi connectivity index (χ2v) is 5.81. The fraction of sp³-hybridized carbons (Fsp3) is 0.300. The first-order valence-electron chi connectivity index (χ1n) is 8.18. The fourth-order valence-corrected chi connectivity index (χ4v) is 3.33. The predicted molar refractivity (Wildman–Crippen MR) is 99.2 cm³/mol. The normalized spacial score (nSPS) is 12.9. The molecule has 0 heterocycles. The van der Waals surface area contributed by atoms with E-state index >= 15 is 0 Å². The third-order valence-electron chi connectivity index (χ3n) is 4.56. The maximum atomic E-state index is 10.5. The van der Waals surface area contributed by atoms with E-state index in [1.807, 2.05) is 25.2 Å². The molecule has 0 spiro atoms. The van der Waals surface area contributed by atoms with Crippen LogP contribution in [-0.2, 0) is 6.42 Å². The third kappa shape index (κ3) is 2.86. The number of rotatable bonds is 5. The number of methoxy groups -OCH3 is 3. The van der Waals surface area contributed by atoms with Crippen molar-refractivity contribution in [1.29, 1.82) is 0 Å². The lowest BCUT2D eigenvalue weighted by atomic mass is 9.86. The number of aromatic hydroxyl groups is 1. The number of nitrogens with one attached hydrogen (secondary N) is 1. The molecule has 0 atom stereocenters. The van der Waals surface area contributed by atoms with Crippen LogP contribution in [0.2, 0.25) is 0 Å². The predicted octanol–water partition coefficient (Wildman–Crippen LogP) is 3.84. The van der Waals surface area contributed by atoms with E-state index in [1.54, 1.807) is 27.4 Å². The summed E-state index contributed by atoms with van der Waals surface area (Å²) in [7, 11) is 6.66. The first-order valence-corrected chi connectivity index (χ1v) is 8.18. The van der Waals surface area contributed by atoms with Crippen molar-refractivity contribution < 1.29 is 19.3 Å². The molecule has 2 aromatic rings. The summed E-state index contributed by atoms with van der Waals surface area (Å²) in [5.74, 6) is 2.06. The summed E-state index contributed by atoms with van der Waals surface area (Å²) in [6.45, 7) is 0. The molecular formula is C20H23NO4. The Kier molecular flexibility index (Phi) is 4.74. The van der Waals surface area contributed by atoms with Crippen LogP contribution in [0.25, 0.3) is 5.57 Å². The molecule has 3 rings (SSSR count). The quantitative estimate of drug-likeness (QED) is 0.865. The van der Waals surface area contributed by atoms with Crippen LogP contribution >= 0.6 is 0 Å². The average molecular weight is 341 g/mol. The first-order chi connectivity index (χ1) is 12.1. The van der Waals surface area contributed by atoms with Crippen LogP contribution in [0, 0.1) is 0 Å². The summed E-state index contributed by atoms with van der Waals surface area (Å²) in [6, 6.07) is 7.78. The van der Waals surface area contributed by atoms with Gasteiger partial charge >= 0.3 is 0 Å². The molecule has 1 aliphatic rings. The maximum Gasteiger partial charge on any atom is 0.183 e. The number of phenolic OH excluding ortho intramolecular Hbond substituents is 1. The standard InChI is InChI=1S/C20H23NO4/c1-21-16-10-12(11-18(24-3)20(16)25-4)13-6-5-7-15-14(13)8-9-17(23-2)19(15)22/h6,8-11,21-22H,5,7H2,1-4H3. The van der Waals surface area contributed by atoms with Gasteiger partial charge in [0.2, 0.25) is 0 Å². The van der Waals surface area contributed by atoms with Crippen LogP contribution in [0.3, 0.4) is 0 Å². The lowest BCUT2D eigenvalue weighted by Crippen LogP contribution is -2.04. The molecule has 0 saturated heterocycles. The smallest absolute Gasteiger partial charge is 0.183 e. The number of hydrogen-bond acceptors (Lipinski definition) is 5. The number of fused-ring (bicyclic) bond motifs is 1. The number of phenols is 1. The van der Waals surface area contributed by atoms with E-state index in [1.165, 1.54) is 0 Å². The Balaban J connectivity index is 2.16. The molecule has 0 aromatic heterocycles. The zero-order valence-corrected chi connectivity index (χ0v) is 15.0. The van der Waals surface area contributed by atoms with Gasteiger partial charge in [-0.25, -0.2) is 0 Å². The number of ether oxygens (including phenoxy) is 3. The van der Waals surface area contributed by atoms with Crippen LogP contribution in [0.5, 0.6) is 23.0 Å². The van der Waals surface area contributed by atoms with Crippen LogP contribution in [0.15, 0.2) is 30.3 Å². The second-order valence-electron chi connectivity index (χ2n) is 5.81. The van der Waals surface area contributed by atoms with Crippen molar-refractivity contribution >= 4 is 11.3 Å². The van der Waals surface area contributed by atoms with Gasteiger partial charge in [0, 0.05) is 12.6 Å². The lowest BCUT2D eigenvalue weighted by Gasteiger charge is -2.22. The summed E-state index contributed by atoms with van der Waals surface area (Å²) >= 11 is 0. The Morgan fingerprint density at radius 2 is 1.76 bits per heavy atom. The number of benzene rings is 2. The molecule has 0 saturated carbocycles. The number of allylic oxidation sites excluding steroid dienone is 1. The van der Waals surface area contributed by atoms with Gasteiger partial charge in [0.05, 0.1) is 27.0 Å². The van der Waals surface area contributed by atoms with Gasteiger partial charge in [0.1, 0.15) is 0 Å².